The molecule has 4 rings (SSSR count). The van der Waals surface area contributed by atoms with E-state index in [1.54, 1.807) is 6.07 Å². The van der Waals surface area contributed by atoms with E-state index < -0.39 is 21.9 Å². The Kier molecular flexibility index (Phi) is 8.96. The van der Waals surface area contributed by atoms with E-state index in [0.717, 1.165) is 35.7 Å². The summed E-state index contributed by atoms with van der Waals surface area (Å²) < 4.78 is 45.2. The van der Waals surface area contributed by atoms with Gasteiger partial charge in [0.2, 0.25) is 16.0 Å². The molecule has 3 aromatic rings. The molecule has 0 spiro atoms. The van der Waals surface area contributed by atoms with Crippen LogP contribution in [0.1, 0.15) is 56.8 Å². The standard InChI is InChI=1S/C27H35FN6O4S/c1-5-6-13-38-27(35)31-18(3)21-14-17(2)30-24-8-7-19(15-22(21)24)25-23(28)16-29-26(33-25)32-20-9-11-34(12-10-20)39(4,36)37/h7-8,14-16,18,20H,5-6,9-13H2,1-4H3,(H,31,35)(H,29,32,33). The van der Waals surface area contributed by atoms with Gasteiger partial charge in [-0.2, -0.15) is 0 Å². The highest BCUT2D eigenvalue weighted by Gasteiger charge is 2.25. The van der Waals surface area contributed by atoms with Crippen molar-refractivity contribution in [3.63, 3.8) is 0 Å². The summed E-state index contributed by atoms with van der Waals surface area (Å²) >= 11 is 0. The minimum absolute atomic E-state index is 0.0271. The summed E-state index contributed by atoms with van der Waals surface area (Å²) in [6.07, 6.45) is 4.76. The highest BCUT2D eigenvalue weighted by molar-refractivity contribution is 7.88. The van der Waals surface area contributed by atoms with Crippen molar-refractivity contribution in [2.45, 2.75) is 58.5 Å². The zero-order valence-corrected chi connectivity index (χ0v) is 23.5. The van der Waals surface area contributed by atoms with Gasteiger partial charge in [0.05, 0.1) is 30.6 Å². The first kappa shape index (κ1) is 28.6. The molecular weight excluding hydrogens is 523 g/mol. The van der Waals surface area contributed by atoms with E-state index in [4.69, 9.17) is 4.74 Å². The van der Waals surface area contributed by atoms with Gasteiger partial charge < -0.3 is 15.4 Å². The molecule has 1 saturated heterocycles. The van der Waals surface area contributed by atoms with Crippen molar-refractivity contribution in [3.8, 4) is 11.3 Å². The molecule has 1 unspecified atom stereocenters. The molecule has 12 heteroatoms. The van der Waals surface area contributed by atoms with E-state index in [1.165, 1.54) is 10.6 Å². The van der Waals surface area contributed by atoms with Crippen LogP contribution < -0.4 is 10.6 Å². The molecule has 1 atom stereocenters. The number of piperidine rings is 1. The molecule has 0 saturated carbocycles. The summed E-state index contributed by atoms with van der Waals surface area (Å²) in [5.74, 6) is -0.296. The Balaban J connectivity index is 1.57. The maximum absolute atomic E-state index is 14.9. The van der Waals surface area contributed by atoms with Crippen LogP contribution in [0.3, 0.4) is 0 Å². The molecule has 3 heterocycles. The number of ether oxygens (including phenoxy) is 1. The number of carbonyl (C=O) groups is 1. The molecule has 39 heavy (non-hydrogen) atoms. The number of amides is 1. The smallest absolute Gasteiger partial charge is 0.407 e. The first-order valence-electron chi connectivity index (χ1n) is 13.1. The number of benzene rings is 1. The minimum atomic E-state index is -3.22. The third-order valence-corrected chi connectivity index (χ3v) is 8.08. The molecular formula is C27H35FN6O4S. The fourth-order valence-corrected chi connectivity index (χ4v) is 5.53. The second kappa shape index (κ2) is 12.2. The number of alkyl carbamates (subject to hydrolysis) is 1. The number of carbonyl (C=O) groups excluding carboxylic acids is 1. The van der Waals surface area contributed by atoms with Crippen molar-refractivity contribution >= 4 is 33.0 Å². The predicted octanol–water partition coefficient (Wildman–Crippen LogP) is 4.56. The Morgan fingerprint density at radius 1 is 1.23 bits per heavy atom. The number of nitrogens with one attached hydrogen (secondary N) is 2. The van der Waals surface area contributed by atoms with Gasteiger partial charge in [0, 0.05) is 35.8 Å². The van der Waals surface area contributed by atoms with Gasteiger partial charge in [-0.1, -0.05) is 19.4 Å². The number of sulfonamides is 1. The number of halogens is 1. The maximum atomic E-state index is 14.9. The van der Waals surface area contributed by atoms with Gasteiger partial charge in [-0.05, 0) is 56.9 Å². The van der Waals surface area contributed by atoms with Gasteiger partial charge in [-0.25, -0.2) is 31.9 Å². The first-order valence-corrected chi connectivity index (χ1v) is 15.0. The number of unbranched alkanes of at least 4 members (excludes halogenated alkanes) is 1. The molecule has 0 bridgehead atoms. The van der Waals surface area contributed by atoms with Crippen LogP contribution in [0.15, 0.2) is 30.5 Å². The van der Waals surface area contributed by atoms with Gasteiger partial charge in [-0.3, -0.25) is 4.98 Å². The second-order valence-electron chi connectivity index (χ2n) is 9.91. The van der Waals surface area contributed by atoms with E-state index in [0.29, 0.717) is 43.6 Å². The fraction of sp³-hybridized carbons (Fsp3) is 0.481. The molecule has 2 N–H and O–H groups in total. The summed E-state index contributed by atoms with van der Waals surface area (Å²) in [6, 6.07) is 6.88. The number of aromatic nitrogens is 3. The van der Waals surface area contributed by atoms with Gasteiger partial charge in [0.15, 0.2) is 5.82 Å². The quantitative estimate of drug-likeness (QED) is 0.366. The highest BCUT2D eigenvalue weighted by Crippen LogP contribution is 2.30. The molecule has 2 aromatic heterocycles. The van der Waals surface area contributed by atoms with Crippen molar-refractivity contribution in [2.75, 3.05) is 31.3 Å². The average Bonchev–Trinajstić information content (AvgIpc) is 2.89. The molecule has 1 aliphatic heterocycles. The number of anilines is 1. The number of hydrogen-bond acceptors (Lipinski definition) is 8. The van der Waals surface area contributed by atoms with Crippen LogP contribution in [0.2, 0.25) is 0 Å². The van der Waals surface area contributed by atoms with Crippen molar-refractivity contribution < 1.29 is 22.3 Å². The lowest BCUT2D eigenvalue weighted by Gasteiger charge is -2.30. The Morgan fingerprint density at radius 2 is 1.97 bits per heavy atom. The van der Waals surface area contributed by atoms with Crippen molar-refractivity contribution in [1.82, 2.24) is 24.6 Å². The van der Waals surface area contributed by atoms with Crippen LogP contribution in [0.25, 0.3) is 22.2 Å². The Hall–Kier alpha value is -3.38. The molecule has 0 aliphatic carbocycles. The number of rotatable bonds is 9. The molecule has 1 aliphatic rings. The molecule has 210 valence electrons. The van der Waals surface area contributed by atoms with Gasteiger partial charge in [0.1, 0.15) is 5.69 Å². The van der Waals surface area contributed by atoms with Crippen LogP contribution in [0, 0.1) is 12.7 Å². The molecule has 0 radical (unpaired) electrons. The zero-order chi connectivity index (χ0) is 28.2. The first-order chi connectivity index (χ1) is 18.5. The Labute approximate surface area is 228 Å². The van der Waals surface area contributed by atoms with Gasteiger partial charge in [-0.15, -0.1) is 0 Å². The molecule has 10 nitrogen and oxygen atoms in total. The number of aryl methyl sites for hydroxylation is 1. The van der Waals surface area contributed by atoms with E-state index in [9.17, 15) is 17.6 Å². The van der Waals surface area contributed by atoms with E-state index >= 15 is 0 Å². The van der Waals surface area contributed by atoms with Gasteiger partial charge >= 0.3 is 6.09 Å². The number of nitrogens with zero attached hydrogens (tertiary/aromatic N) is 4. The summed E-state index contributed by atoms with van der Waals surface area (Å²) in [5.41, 5.74) is 3.01. The summed E-state index contributed by atoms with van der Waals surface area (Å²) in [5, 5.41) is 6.86. The van der Waals surface area contributed by atoms with Crippen LogP contribution in [0.4, 0.5) is 15.1 Å². The molecule has 1 fully saturated rings. The van der Waals surface area contributed by atoms with Crippen molar-refractivity contribution in [2.24, 2.45) is 0 Å². The van der Waals surface area contributed by atoms with E-state index in [2.05, 4.69) is 25.6 Å². The summed E-state index contributed by atoms with van der Waals surface area (Å²) in [6.45, 7) is 6.94. The van der Waals surface area contributed by atoms with E-state index in [-0.39, 0.29) is 23.7 Å². The zero-order valence-electron chi connectivity index (χ0n) is 22.7. The fourth-order valence-electron chi connectivity index (χ4n) is 4.65. The third-order valence-electron chi connectivity index (χ3n) is 6.77. The van der Waals surface area contributed by atoms with Crippen LogP contribution in [0.5, 0.6) is 0 Å². The van der Waals surface area contributed by atoms with Crippen molar-refractivity contribution in [3.05, 3.63) is 47.5 Å². The molecule has 1 amide bonds. The monoisotopic (exact) mass is 558 g/mol. The predicted molar refractivity (Wildman–Crippen MR) is 148 cm³/mol. The van der Waals surface area contributed by atoms with Crippen LogP contribution >= 0.6 is 0 Å². The van der Waals surface area contributed by atoms with Crippen LogP contribution in [-0.4, -0.2) is 65.8 Å². The van der Waals surface area contributed by atoms with Crippen molar-refractivity contribution in [1.29, 1.82) is 0 Å². The van der Waals surface area contributed by atoms with Crippen LogP contribution in [-0.2, 0) is 14.8 Å². The highest BCUT2D eigenvalue weighted by atomic mass is 32.2. The molecule has 1 aromatic carbocycles. The lowest BCUT2D eigenvalue weighted by atomic mass is 9.99. The Bertz CT molecular complexity index is 1440. The Morgan fingerprint density at radius 3 is 2.67 bits per heavy atom. The maximum Gasteiger partial charge on any atom is 0.407 e. The lowest BCUT2D eigenvalue weighted by Crippen LogP contribution is -2.42. The SMILES string of the molecule is CCCCOC(=O)NC(C)c1cc(C)nc2ccc(-c3nc(NC4CCN(S(C)(=O)=O)CC4)ncc3F)cc12. The number of hydrogen-bond donors (Lipinski definition) is 2. The number of pyridine rings is 1. The normalized spacial score (nSPS) is 15.7. The summed E-state index contributed by atoms with van der Waals surface area (Å²) in [4.78, 5) is 25.4. The average molecular weight is 559 g/mol. The lowest BCUT2D eigenvalue weighted by molar-refractivity contribution is 0.141. The topological polar surface area (TPSA) is 126 Å². The minimum Gasteiger partial charge on any atom is -0.450 e. The second-order valence-corrected chi connectivity index (χ2v) is 11.9. The summed E-state index contributed by atoms with van der Waals surface area (Å²) in [7, 11) is -3.22. The largest absolute Gasteiger partial charge is 0.450 e. The van der Waals surface area contributed by atoms with E-state index in [1.807, 2.05) is 39.0 Å². The number of fused-ring (bicyclic) bond motifs is 1. The third kappa shape index (κ3) is 7.18. The van der Waals surface area contributed by atoms with Gasteiger partial charge in [0.25, 0.3) is 0 Å².